The molecule has 0 bridgehead atoms. The van der Waals surface area contributed by atoms with Crippen LogP contribution in [0, 0.1) is 18.3 Å². The standard InChI is InChI=1S/C28H42N6O8/c1-7-12-31-26(39)41-16-19-14-20(11-10-18(19)15-35)32-23(36)21(9-8-13-30-25(29)38)33-24(37)22(17(2)3)34-27(40)42-28(4,5)6/h1,10-11,14,17,21-22,35H,8-9,12-13,15-16H2,2-6H3,(H,31,39)(H,32,36)(H,33,37)(H,34,40)(H3,29,30,38)/t21-,22-/m0/s1. The third kappa shape index (κ3) is 13.7. The van der Waals surface area contributed by atoms with E-state index in [1.165, 1.54) is 6.07 Å². The van der Waals surface area contributed by atoms with E-state index in [4.69, 9.17) is 21.6 Å². The number of terminal acetylenes is 1. The van der Waals surface area contributed by atoms with Gasteiger partial charge in [0.15, 0.2) is 0 Å². The monoisotopic (exact) mass is 590 g/mol. The Hall–Kier alpha value is -4.51. The third-order valence-corrected chi connectivity index (χ3v) is 5.56. The van der Waals surface area contributed by atoms with E-state index >= 15 is 0 Å². The van der Waals surface area contributed by atoms with Gasteiger partial charge in [-0.3, -0.25) is 9.59 Å². The number of rotatable bonds is 14. The van der Waals surface area contributed by atoms with Crippen LogP contribution in [0.15, 0.2) is 18.2 Å². The molecule has 0 aliphatic rings. The van der Waals surface area contributed by atoms with Crippen LogP contribution in [0.5, 0.6) is 0 Å². The number of nitrogens with one attached hydrogen (secondary N) is 5. The van der Waals surface area contributed by atoms with Gasteiger partial charge in [-0.25, -0.2) is 14.4 Å². The van der Waals surface area contributed by atoms with Crippen molar-refractivity contribution in [3.05, 3.63) is 29.3 Å². The van der Waals surface area contributed by atoms with E-state index in [0.29, 0.717) is 23.2 Å². The number of amides is 6. The van der Waals surface area contributed by atoms with Crippen LogP contribution in [0.2, 0.25) is 0 Å². The number of benzene rings is 1. The lowest BCUT2D eigenvalue weighted by molar-refractivity contribution is -0.128. The molecule has 0 unspecified atom stereocenters. The second-order valence-corrected chi connectivity index (χ2v) is 10.6. The minimum atomic E-state index is -1.07. The van der Waals surface area contributed by atoms with Crippen LogP contribution in [0.3, 0.4) is 0 Å². The number of primary amides is 1. The van der Waals surface area contributed by atoms with E-state index in [1.807, 2.05) is 0 Å². The van der Waals surface area contributed by atoms with Gasteiger partial charge in [0, 0.05) is 12.2 Å². The van der Waals surface area contributed by atoms with Crippen LogP contribution in [-0.2, 0) is 32.3 Å². The fourth-order valence-electron chi connectivity index (χ4n) is 3.56. The summed E-state index contributed by atoms with van der Waals surface area (Å²) < 4.78 is 10.4. The Labute approximate surface area is 245 Å². The summed E-state index contributed by atoms with van der Waals surface area (Å²) in [6.07, 6.45) is 3.99. The molecule has 1 aromatic rings. The average Bonchev–Trinajstić information content (AvgIpc) is 2.89. The van der Waals surface area contributed by atoms with Gasteiger partial charge in [-0.2, -0.15) is 0 Å². The fourth-order valence-corrected chi connectivity index (χ4v) is 3.56. The number of ether oxygens (including phenoxy) is 2. The van der Waals surface area contributed by atoms with Crippen molar-refractivity contribution in [2.45, 2.75) is 78.4 Å². The van der Waals surface area contributed by atoms with E-state index in [1.54, 1.807) is 46.8 Å². The topological polar surface area (TPSA) is 210 Å². The first-order valence-electron chi connectivity index (χ1n) is 13.4. The highest BCUT2D eigenvalue weighted by atomic mass is 16.6. The Morgan fingerprint density at radius 1 is 1.02 bits per heavy atom. The Morgan fingerprint density at radius 2 is 1.71 bits per heavy atom. The molecule has 0 aromatic heterocycles. The van der Waals surface area contributed by atoms with Crippen LogP contribution in [0.1, 0.15) is 58.6 Å². The first-order chi connectivity index (χ1) is 19.7. The number of carbonyl (C=O) groups excluding carboxylic acids is 5. The molecule has 1 rings (SSSR count). The molecule has 14 nitrogen and oxygen atoms in total. The van der Waals surface area contributed by atoms with Gasteiger partial charge < -0.3 is 46.9 Å². The van der Waals surface area contributed by atoms with Gasteiger partial charge in [0.05, 0.1) is 13.2 Å². The van der Waals surface area contributed by atoms with E-state index < -0.39 is 47.7 Å². The number of aliphatic hydroxyl groups excluding tert-OH is 1. The Balaban J connectivity index is 3.09. The molecule has 0 fully saturated rings. The number of alkyl carbamates (subject to hydrolysis) is 2. The maximum Gasteiger partial charge on any atom is 0.408 e. The summed E-state index contributed by atoms with van der Waals surface area (Å²) >= 11 is 0. The van der Waals surface area contributed by atoms with Crippen molar-refractivity contribution in [2.24, 2.45) is 11.7 Å². The molecule has 6 amide bonds. The number of anilines is 1. The molecule has 0 saturated heterocycles. The van der Waals surface area contributed by atoms with Crippen molar-refractivity contribution in [3.63, 3.8) is 0 Å². The predicted molar refractivity (Wildman–Crippen MR) is 155 cm³/mol. The highest BCUT2D eigenvalue weighted by molar-refractivity contribution is 5.98. The lowest BCUT2D eigenvalue weighted by atomic mass is 10.0. The van der Waals surface area contributed by atoms with Gasteiger partial charge in [0.1, 0.15) is 24.3 Å². The summed E-state index contributed by atoms with van der Waals surface area (Å²) in [5, 5.41) is 22.4. The highest BCUT2D eigenvalue weighted by Crippen LogP contribution is 2.18. The van der Waals surface area contributed by atoms with Gasteiger partial charge in [0.25, 0.3) is 0 Å². The summed E-state index contributed by atoms with van der Waals surface area (Å²) in [5.74, 6) is 0.707. The second-order valence-electron chi connectivity index (χ2n) is 10.6. The zero-order valence-corrected chi connectivity index (χ0v) is 24.7. The molecule has 0 spiro atoms. The number of hydrogen-bond donors (Lipinski definition) is 7. The minimum absolute atomic E-state index is 0.0190. The molecule has 2 atom stereocenters. The lowest BCUT2D eigenvalue weighted by Gasteiger charge is -2.27. The summed E-state index contributed by atoms with van der Waals surface area (Å²) in [6, 6.07) is 1.81. The smallest absolute Gasteiger partial charge is 0.408 e. The van der Waals surface area contributed by atoms with Gasteiger partial charge in [0.2, 0.25) is 11.8 Å². The third-order valence-electron chi connectivity index (χ3n) is 5.56. The Kier molecular flexibility index (Phi) is 14.7. The van der Waals surface area contributed by atoms with Crippen LogP contribution >= 0.6 is 0 Å². The van der Waals surface area contributed by atoms with Crippen molar-refractivity contribution in [3.8, 4) is 12.3 Å². The van der Waals surface area contributed by atoms with Crippen molar-refractivity contribution < 1.29 is 38.6 Å². The molecule has 232 valence electrons. The Bertz CT molecular complexity index is 1140. The number of aliphatic hydroxyl groups is 1. The summed E-state index contributed by atoms with van der Waals surface area (Å²) in [6.45, 7) is 8.12. The van der Waals surface area contributed by atoms with Crippen LogP contribution in [-0.4, -0.2) is 65.9 Å². The summed E-state index contributed by atoms with van der Waals surface area (Å²) in [5.41, 5.74) is 5.53. The van der Waals surface area contributed by atoms with Crippen molar-refractivity contribution >= 4 is 35.7 Å². The number of nitrogens with two attached hydrogens (primary N) is 1. The SMILES string of the molecule is C#CCNC(=O)OCc1cc(NC(=O)[C@H](CCCNC(N)=O)NC(=O)[C@@H](NC(=O)OC(C)(C)C)C(C)C)ccc1CO. The second kappa shape index (κ2) is 17.3. The maximum absolute atomic E-state index is 13.3. The molecule has 8 N–H and O–H groups in total. The maximum atomic E-state index is 13.3. The average molecular weight is 591 g/mol. The minimum Gasteiger partial charge on any atom is -0.445 e. The van der Waals surface area contributed by atoms with Crippen molar-refractivity contribution in [2.75, 3.05) is 18.4 Å². The van der Waals surface area contributed by atoms with E-state index in [0.717, 1.165) is 0 Å². The zero-order valence-electron chi connectivity index (χ0n) is 24.7. The number of urea groups is 1. The normalized spacial score (nSPS) is 12.2. The summed E-state index contributed by atoms with van der Waals surface area (Å²) in [4.78, 5) is 61.7. The first-order valence-corrected chi connectivity index (χ1v) is 13.4. The van der Waals surface area contributed by atoms with E-state index in [2.05, 4.69) is 32.5 Å². The van der Waals surface area contributed by atoms with Crippen LogP contribution in [0.25, 0.3) is 0 Å². The first kappa shape index (κ1) is 35.5. The molecule has 0 saturated carbocycles. The van der Waals surface area contributed by atoms with Gasteiger partial charge >= 0.3 is 18.2 Å². The molecular weight excluding hydrogens is 548 g/mol. The highest BCUT2D eigenvalue weighted by Gasteiger charge is 2.30. The van der Waals surface area contributed by atoms with Gasteiger partial charge in [-0.1, -0.05) is 25.8 Å². The van der Waals surface area contributed by atoms with Gasteiger partial charge in [-0.15, -0.1) is 6.42 Å². The molecule has 0 aliphatic carbocycles. The molecule has 14 heteroatoms. The molecule has 0 heterocycles. The fraction of sp³-hybridized carbons (Fsp3) is 0.536. The lowest BCUT2D eigenvalue weighted by Crippen LogP contribution is -2.55. The van der Waals surface area contributed by atoms with Gasteiger partial charge in [-0.05, 0) is 62.8 Å². The molecule has 0 radical (unpaired) electrons. The molecule has 42 heavy (non-hydrogen) atoms. The number of hydrogen-bond acceptors (Lipinski definition) is 8. The number of carbonyl (C=O) groups is 5. The van der Waals surface area contributed by atoms with Crippen molar-refractivity contribution in [1.82, 2.24) is 21.3 Å². The van der Waals surface area contributed by atoms with E-state index in [9.17, 15) is 29.1 Å². The zero-order chi connectivity index (χ0) is 31.9. The largest absolute Gasteiger partial charge is 0.445 e. The summed E-state index contributed by atoms with van der Waals surface area (Å²) in [7, 11) is 0. The quantitative estimate of drug-likeness (QED) is 0.124. The van der Waals surface area contributed by atoms with Crippen LogP contribution in [0.4, 0.5) is 20.1 Å². The Morgan fingerprint density at radius 3 is 2.29 bits per heavy atom. The van der Waals surface area contributed by atoms with Crippen LogP contribution < -0.4 is 32.3 Å². The molecular formula is C28H42N6O8. The van der Waals surface area contributed by atoms with Crippen molar-refractivity contribution in [1.29, 1.82) is 0 Å². The molecule has 1 aromatic carbocycles. The van der Waals surface area contributed by atoms with E-state index in [-0.39, 0.29) is 38.6 Å². The predicted octanol–water partition coefficient (Wildman–Crippen LogP) is 1.46. The molecule has 0 aliphatic heterocycles.